The zero-order valence-electron chi connectivity index (χ0n) is 7.74. The average molecular weight is 269 g/mol. The number of H-pyrrole nitrogens is 1. The number of aliphatic hydroxyl groups is 1. The number of aromatic nitrogens is 2. The lowest BCUT2D eigenvalue weighted by atomic mass is 10.2. The molecular formula is C10H9BrN2O2. The summed E-state index contributed by atoms with van der Waals surface area (Å²) < 4.78 is 0.859. The fourth-order valence-electron chi connectivity index (χ4n) is 1.27. The van der Waals surface area contributed by atoms with Gasteiger partial charge >= 0.3 is 0 Å². The van der Waals surface area contributed by atoms with Crippen molar-refractivity contribution in [3.8, 4) is 17.1 Å². The molecule has 0 atom stereocenters. The van der Waals surface area contributed by atoms with Crippen LogP contribution in [0.5, 0.6) is 5.75 Å². The molecule has 4 nitrogen and oxygen atoms in total. The molecule has 0 saturated heterocycles. The summed E-state index contributed by atoms with van der Waals surface area (Å²) in [5.74, 6) is 0.690. The fraction of sp³-hybridized carbons (Fsp3) is 0.100. The maximum Gasteiger partial charge on any atom is 0.141 e. The van der Waals surface area contributed by atoms with E-state index < -0.39 is 0 Å². The van der Waals surface area contributed by atoms with Gasteiger partial charge in [0.05, 0.1) is 24.1 Å². The van der Waals surface area contributed by atoms with Crippen LogP contribution < -0.4 is 0 Å². The first kappa shape index (κ1) is 10.2. The number of halogens is 1. The van der Waals surface area contributed by atoms with Crippen LogP contribution in [-0.2, 0) is 6.61 Å². The highest BCUT2D eigenvalue weighted by molar-refractivity contribution is 9.10. The van der Waals surface area contributed by atoms with Crippen LogP contribution in [0, 0.1) is 0 Å². The molecular weight excluding hydrogens is 260 g/mol. The molecule has 0 amide bonds. The summed E-state index contributed by atoms with van der Waals surface area (Å²) in [7, 11) is 0. The van der Waals surface area contributed by atoms with Crippen LogP contribution in [0.15, 0.2) is 28.9 Å². The lowest BCUT2D eigenvalue weighted by molar-refractivity contribution is 0.277. The Balaban J connectivity index is 2.48. The lowest BCUT2D eigenvalue weighted by Gasteiger charge is -2.01. The number of nitrogens with one attached hydrogen (secondary N) is 1. The van der Waals surface area contributed by atoms with Gasteiger partial charge in [0.1, 0.15) is 11.6 Å². The van der Waals surface area contributed by atoms with Crippen molar-refractivity contribution in [2.24, 2.45) is 0 Å². The first-order valence-electron chi connectivity index (χ1n) is 4.34. The highest BCUT2D eigenvalue weighted by atomic mass is 79.9. The molecule has 0 aliphatic rings. The molecule has 2 rings (SSSR count). The number of phenolic OH excluding ortho intramolecular Hbond substituents is 1. The van der Waals surface area contributed by atoms with Crippen LogP contribution in [0.1, 0.15) is 5.69 Å². The van der Waals surface area contributed by atoms with Crippen molar-refractivity contribution in [1.82, 2.24) is 9.97 Å². The topological polar surface area (TPSA) is 69.1 Å². The van der Waals surface area contributed by atoms with Crippen LogP contribution in [0.3, 0.4) is 0 Å². The summed E-state index contributed by atoms with van der Waals surface area (Å²) in [5.41, 5.74) is 1.22. The summed E-state index contributed by atoms with van der Waals surface area (Å²) in [5, 5.41) is 18.5. The van der Waals surface area contributed by atoms with E-state index in [2.05, 4.69) is 25.9 Å². The highest BCUT2D eigenvalue weighted by Gasteiger charge is 2.08. The third-order valence-corrected chi connectivity index (χ3v) is 2.51. The molecule has 1 aromatic carbocycles. The smallest absolute Gasteiger partial charge is 0.141 e. The molecule has 2 aromatic rings. The Morgan fingerprint density at radius 3 is 2.87 bits per heavy atom. The Morgan fingerprint density at radius 2 is 2.20 bits per heavy atom. The lowest BCUT2D eigenvalue weighted by Crippen LogP contribution is -1.84. The molecule has 1 aromatic heterocycles. The molecule has 0 bridgehead atoms. The van der Waals surface area contributed by atoms with Crippen molar-refractivity contribution in [3.63, 3.8) is 0 Å². The average Bonchev–Trinajstić information content (AvgIpc) is 2.70. The van der Waals surface area contributed by atoms with Crippen molar-refractivity contribution in [3.05, 3.63) is 34.6 Å². The van der Waals surface area contributed by atoms with Gasteiger partial charge in [0.2, 0.25) is 0 Å². The van der Waals surface area contributed by atoms with Crippen LogP contribution in [0.2, 0.25) is 0 Å². The maximum absolute atomic E-state index is 9.63. The quantitative estimate of drug-likeness (QED) is 0.781. The Hall–Kier alpha value is -1.33. The molecule has 0 aliphatic carbocycles. The van der Waals surface area contributed by atoms with Gasteiger partial charge in [-0.1, -0.05) is 15.9 Å². The summed E-state index contributed by atoms with van der Waals surface area (Å²) in [6.45, 7) is -0.0955. The van der Waals surface area contributed by atoms with E-state index in [-0.39, 0.29) is 12.4 Å². The monoisotopic (exact) mass is 268 g/mol. The van der Waals surface area contributed by atoms with E-state index in [0.717, 1.165) is 4.47 Å². The number of aliphatic hydroxyl groups excluding tert-OH is 1. The second kappa shape index (κ2) is 4.04. The van der Waals surface area contributed by atoms with Gasteiger partial charge in [-0.15, -0.1) is 0 Å². The molecule has 15 heavy (non-hydrogen) atoms. The number of rotatable bonds is 2. The Kier molecular flexibility index (Phi) is 2.75. The van der Waals surface area contributed by atoms with Gasteiger partial charge in [0, 0.05) is 4.47 Å². The summed E-state index contributed by atoms with van der Waals surface area (Å²) in [6, 6.07) is 5.09. The number of hydrogen-bond donors (Lipinski definition) is 3. The first-order chi connectivity index (χ1) is 7.20. The number of aromatic amines is 1. The standard InChI is InChI=1S/C10H9BrN2O2/c11-6-1-2-9(15)8(3-6)10-12-4-7(5-14)13-10/h1-4,14-15H,5H2,(H,12,13). The fourth-order valence-corrected chi connectivity index (χ4v) is 1.64. The molecule has 0 radical (unpaired) electrons. The normalized spacial score (nSPS) is 10.5. The van der Waals surface area contributed by atoms with E-state index in [1.54, 1.807) is 18.2 Å². The van der Waals surface area contributed by atoms with Gasteiger partial charge in [-0.05, 0) is 18.2 Å². The van der Waals surface area contributed by atoms with E-state index in [1.807, 2.05) is 0 Å². The molecule has 0 fully saturated rings. The van der Waals surface area contributed by atoms with E-state index in [4.69, 9.17) is 5.11 Å². The number of nitrogens with zero attached hydrogens (tertiary/aromatic N) is 1. The van der Waals surface area contributed by atoms with Gasteiger partial charge < -0.3 is 15.2 Å². The Labute approximate surface area is 94.7 Å². The SMILES string of the molecule is OCc1cnc(-c2cc(Br)ccc2O)[nH]1. The molecule has 0 saturated carbocycles. The zero-order chi connectivity index (χ0) is 10.8. The van der Waals surface area contributed by atoms with E-state index in [9.17, 15) is 5.11 Å². The predicted octanol–water partition coefficient (Wildman–Crippen LogP) is 2.04. The summed E-state index contributed by atoms with van der Waals surface area (Å²) >= 11 is 3.32. The number of imidazole rings is 1. The third kappa shape index (κ3) is 2.03. The molecule has 0 spiro atoms. The zero-order valence-corrected chi connectivity index (χ0v) is 9.32. The Morgan fingerprint density at radius 1 is 1.40 bits per heavy atom. The van der Waals surface area contributed by atoms with Crippen molar-refractivity contribution in [2.45, 2.75) is 6.61 Å². The van der Waals surface area contributed by atoms with Crippen LogP contribution in [0.25, 0.3) is 11.4 Å². The van der Waals surface area contributed by atoms with E-state index in [0.29, 0.717) is 17.1 Å². The van der Waals surface area contributed by atoms with Crippen LogP contribution in [-0.4, -0.2) is 20.2 Å². The van der Waals surface area contributed by atoms with Crippen LogP contribution in [0.4, 0.5) is 0 Å². The van der Waals surface area contributed by atoms with Gasteiger partial charge in [0.25, 0.3) is 0 Å². The molecule has 0 aliphatic heterocycles. The first-order valence-corrected chi connectivity index (χ1v) is 5.13. The van der Waals surface area contributed by atoms with Crippen LogP contribution >= 0.6 is 15.9 Å². The minimum absolute atomic E-state index is 0.0955. The largest absolute Gasteiger partial charge is 0.507 e. The van der Waals surface area contributed by atoms with Crippen molar-refractivity contribution >= 4 is 15.9 Å². The second-order valence-electron chi connectivity index (χ2n) is 3.08. The van der Waals surface area contributed by atoms with Gasteiger partial charge in [-0.3, -0.25) is 0 Å². The third-order valence-electron chi connectivity index (χ3n) is 2.01. The minimum Gasteiger partial charge on any atom is -0.507 e. The van der Waals surface area contributed by atoms with Crippen molar-refractivity contribution in [1.29, 1.82) is 0 Å². The molecule has 5 heteroatoms. The highest BCUT2D eigenvalue weighted by Crippen LogP contribution is 2.29. The van der Waals surface area contributed by atoms with Crippen molar-refractivity contribution < 1.29 is 10.2 Å². The molecule has 78 valence electrons. The second-order valence-corrected chi connectivity index (χ2v) is 3.99. The number of hydrogen-bond acceptors (Lipinski definition) is 3. The Bertz CT molecular complexity index is 482. The molecule has 0 unspecified atom stereocenters. The number of aromatic hydroxyl groups is 1. The van der Waals surface area contributed by atoms with Gasteiger partial charge in [-0.25, -0.2) is 4.98 Å². The van der Waals surface area contributed by atoms with E-state index >= 15 is 0 Å². The summed E-state index contributed by atoms with van der Waals surface area (Å²) in [4.78, 5) is 6.97. The summed E-state index contributed by atoms with van der Waals surface area (Å²) in [6.07, 6.45) is 1.54. The predicted molar refractivity (Wildman–Crippen MR) is 59.3 cm³/mol. The number of phenols is 1. The maximum atomic E-state index is 9.63. The van der Waals surface area contributed by atoms with Gasteiger partial charge in [-0.2, -0.15) is 0 Å². The minimum atomic E-state index is -0.0955. The van der Waals surface area contributed by atoms with Gasteiger partial charge in [0.15, 0.2) is 0 Å². The molecule has 1 heterocycles. The number of benzene rings is 1. The van der Waals surface area contributed by atoms with Crippen molar-refractivity contribution in [2.75, 3.05) is 0 Å². The van der Waals surface area contributed by atoms with E-state index in [1.165, 1.54) is 6.20 Å². The molecule has 3 N–H and O–H groups in total.